The first-order chi connectivity index (χ1) is 7.61. The molecule has 4 nitrogen and oxygen atoms in total. The van der Waals surface area contributed by atoms with E-state index in [9.17, 15) is 9.59 Å². The van der Waals surface area contributed by atoms with Gasteiger partial charge < -0.3 is 9.84 Å². The van der Waals surface area contributed by atoms with Crippen molar-refractivity contribution in [2.75, 3.05) is 6.61 Å². The van der Waals surface area contributed by atoms with Crippen LogP contribution in [0.2, 0.25) is 0 Å². The highest BCUT2D eigenvalue weighted by atomic mass is 16.5. The molecule has 0 aliphatic rings. The Morgan fingerprint density at radius 3 is 2.38 bits per heavy atom. The molecule has 0 rings (SSSR count). The van der Waals surface area contributed by atoms with Crippen LogP contribution in [-0.2, 0) is 14.3 Å². The number of carbonyl (C=O) groups is 2. The number of carbonyl (C=O) groups excluding carboxylic acids is 1. The molecule has 0 spiro atoms. The minimum absolute atomic E-state index is 0.205. The Bertz CT molecular complexity index is 213. The molecule has 1 N–H and O–H groups in total. The predicted molar refractivity (Wildman–Crippen MR) is 61.1 cm³/mol. The van der Waals surface area contributed by atoms with Crippen LogP contribution in [0.1, 0.15) is 52.4 Å². The number of ether oxygens (including phenoxy) is 1. The van der Waals surface area contributed by atoms with Gasteiger partial charge in [0.2, 0.25) is 0 Å². The molecule has 0 aliphatic carbocycles. The van der Waals surface area contributed by atoms with Crippen LogP contribution in [0, 0.1) is 5.92 Å². The monoisotopic (exact) mass is 230 g/mol. The lowest BCUT2D eigenvalue weighted by Gasteiger charge is -2.11. The maximum absolute atomic E-state index is 11.1. The van der Waals surface area contributed by atoms with Crippen LogP contribution < -0.4 is 0 Å². The Morgan fingerprint density at radius 2 is 1.88 bits per heavy atom. The van der Waals surface area contributed by atoms with E-state index in [4.69, 9.17) is 9.84 Å². The van der Waals surface area contributed by atoms with Crippen molar-refractivity contribution in [3.8, 4) is 0 Å². The second-order valence-corrected chi connectivity index (χ2v) is 3.87. The smallest absolute Gasteiger partial charge is 0.306 e. The van der Waals surface area contributed by atoms with E-state index in [0.29, 0.717) is 19.4 Å². The standard InChI is InChI=1S/C12H22O4/c1-3-5-6-7-10(12(14)15)8-9-11(13)16-4-2/h10H,3-9H2,1-2H3,(H,14,15). The Kier molecular flexibility index (Phi) is 8.58. The summed E-state index contributed by atoms with van der Waals surface area (Å²) in [7, 11) is 0. The van der Waals surface area contributed by atoms with Crippen molar-refractivity contribution in [3.63, 3.8) is 0 Å². The molecular formula is C12H22O4. The Labute approximate surface area is 97.0 Å². The highest BCUT2D eigenvalue weighted by molar-refractivity contribution is 5.73. The van der Waals surface area contributed by atoms with E-state index in [0.717, 1.165) is 19.3 Å². The summed E-state index contributed by atoms with van der Waals surface area (Å²) < 4.78 is 4.77. The summed E-state index contributed by atoms with van der Waals surface area (Å²) in [6.07, 6.45) is 4.28. The molecule has 0 saturated heterocycles. The lowest BCUT2D eigenvalue weighted by atomic mass is 9.96. The van der Waals surface area contributed by atoms with Gasteiger partial charge in [0.25, 0.3) is 0 Å². The average molecular weight is 230 g/mol. The zero-order valence-corrected chi connectivity index (χ0v) is 10.2. The molecule has 94 valence electrons. The number of unbranched alkanes of at least 4 members (excludes halogenated alkanes) is 2. The molecule has 1 unspecified atom stereocenters. The number of hydrogen-bond acceptors (Lipinski definition) is 3. The Balaban J connectivity index is 3.85. The molecule has 0 aromatic carbocycles. The number of esters is 1. The topological polar surface area (TPSA) is 63.6 Å². The van der Waals surface area contributed by atoms with Gasteiger partial charge in [0.15, 0.2) is 0 Å². The lowest BCUT2D eigenvalue weighted by Crippen LogP contribution is -2.16. The van der Waals surface area contributed by atoms with Crippen molar-refractivity contribution in [1.82, 2.24) is 0 Å². The van der Waals surface area contributed by atoms with Crippen LogP contribution >= 0.6 is 0 Å². The lowest BCUT2D eigenvalue weighted by molar-refractivity contribution is -0.145. The van der Waals surface area contributed by atoms with Gasteiger partial charge in [0, 0.05) is 6.42 Å². The Hall–Kier alpha value is -1.06. The van der Waals surface area contributed by atoms with E-state index in [-0.39, 0.29) is 12.4 Å². The van der Waals surface area contributed by atoms with Gasteiger partial charge >= 0.3 is 11.9 Å². The summed E-state index contributed by atoms with van der Waals surface area (Å²) >= 11 is 0. The van der Waals surface area contributed by atoms with Gasteiger partial charge in [-0.15, -0.1) is 0 Å². The van der Waals surface area contributed by atoms with E-state index in [2.05, 4.69) is 6.92 Å². The highest BCUT2D eigenvalue weighted by Gasteiger charge is 2.18. The normalized spacial score (nSPS) is 12.1. The fourth-order valence-electron chi connectivity index (χ4n) is 1.56. The molecule has 0 aliphatic heterocycles. The van der Waals surface area contributed by atoms with Gasteiger partial charge in [-0.3, -0.25) is 9.59 Å². The largest absolute Gasteiger partial charge is 0.481 e. The first-order valence-corrected chi connectivity index (χ1v) is 6.00. The summed E-state index contributed by atoms with van der Waals surface area (Å²) in [6.45, 7) is 4.18. The van der Waals surface area contributed by atoms with E-state index in [1.807, 2.05) is 0 Å². The van der Waals surface area contributed by atoms with Gasteiger partial charge in [-0.05, 0) is 19.8 Å². The maximum atomic E-state index is 11.1. The molecule has 0 saturated carbocycles. The van der Waals surface area contributed by atoms with Crippen LogP contribution in [0.15, 0.2) is 0 Å². The third-order valence-electron chi connectivity index (χ3n) is 2.51. The summed E-state index contributed by atoms with van der Waals surface area (Å²) in [5.41, 5.74) is 0. The van der Waals surface area contributed by atoms with Crippen LogP contribution in [-0.4, -0.2) is 23.7 Å². The van der Waals surface area contributed by atoms with E-state index >= 15 is 0 Å². The minimum Gasteiger partial charge on any atom is -0.481 e. The molecule has 0 amide bonds. The van der Waals surface area contributed by atoms with Crippen molar-refractivity contribution in [2.24, 2.45) is 5.92 Å². The molecule has 0 aromatic heterocycles. The van der Waals surface area contributed by atoms with Crippen molar-refractivity contribution in [1.29, 1.82) is 0 Å². The summed E-state index contributed by atoms with van der Waals surface area (Å²) in [5, 5.41) is 8.96. The van der Waals surface area contributed by atoms with E-state index < -0.39 is 11.9 Å². The van der Waals surface area contributed by atoms with Crippen molar-refractivity contribution in [2.45, 2.75) is 52.4 Å². The zero-order valence-electron chi connectivity index (χ0n) is 10.2. The molecule has 0 fully saturated rings. The Morgan fingerprint density at radius 1 is 1.19 bits per heavy atom. The first kappa shape index (κ1) is 14.9. The predicted octanol–water partition coefficient (Wildman–Crippen LogP) is 2.61. The van der Waals surface area contributed by atoms with Gasteiger partial charge in [-0.25, -0.2) is 0 Å². The number of carboxylic acid groups (broad SMARTS) is 1. The fraction of sp³-hybridized carbons (Fsp3) is 0.833. The van der Waals surface area contributed by atoms with E-state index in [1.54, 1.807) is 6.92 Å². The summed E-state index contributed by atoms with van der Waals surface area (Å²) in [6, 6.07) is 0. The number of carboxylic acids is 1. The molecule has 4 heteroatoms. The highest BCUT2D eigenvalue weighted by Crippen LogP contribution is 2.16. The number of rotatable bonds is 9. The van der Waals surface area contributed by atoms with Gasteiger partial charge in [-0.1, -0.05) is 26.2 Å². The van der Waals surface area contributed by atoms with Crippen molar-refractivity contribution in [3.05, 3.63) is 0 Å². The van der Waals surface area contributed by atoms with E-state index in [1.165, 1.54) is 0 Å². The molecule has 0 aromatic rings. The van der Waals surface area contributed by atoms with Crippen LogP contribution in [0.4, 0.5) is 0 Å². The molecule has 0 radical (unpaired) electrons. The van der Waals surface area contributed by atoms with Crippen molar-refractivity contribution < 1.29 is 19.4 Å². The van der Waals surface area contributed by atoms with Crippen LogP contribution in [0.5, 0.6) is 0 Å². The summed E-state index contributed by atoms with van der Waals surface area (Å²) in [5.74, 6) is -1.51. The molecular weight excluding hydrogens is 208 g/mol. The second-order valence-electron chi connectivity index (χ2n) is 3.87. The van der Waals surface area contributed by atoms with Crippen LogP contribution in [0.25, 0.3) is 0 Å². The fourth-order valence-corrected chi connectivity index (χ4v) is 1.56. The number of hydrogen-bond donors (Lipinski definition) is 1. The number of aliphatic carboxylic acids is 1. The van der Waals surface area contributed by atoms with Gasteiger partial charge in [-0.2, -0.15) is 0 Å². The van der Waals surface area contributed by atoms with Crippen LogP contribution in [0.3, 0.4) is 0 Å². The third-order valence-corrected chi connectivity index (χ3v) is 2.51. The minimum atomic E-state index is -0.805. The molecule has 16 heavy (non-hydrogen) atoms. The zero-order chi connectivity index (χ0) is 12.4. The SMILES string of the molecule is CCCCCC(CCC(=O)OCC)C(=O)O. The van der Waals surface area contributed by atoms with Crippen molar-refractivity contribution >= 4 is 11.9 Å². The first-order valence-electron chi connectivity index (χ1n) is 6.00. The quantitative estimate of drug-likeness (QED) is 0.488. The van der Waals surface area contributed by atoms with Gasteiger partial charge in [0.1, 0.15) is 0 Å². The molecule has 0 bridgehead atoms. The maximum Gasteiger partial charge on any atom is 0.306 e. The molecule has 1 atom stereocenters. The summed E-state index contributed by atoms with van der Waals surface area (Å²) in [4.78, 5) is 22.0. The van der Waals surface area contributed by atoms with Gasteiger partial charge in [0.05, 0.1) is 12.5 Å². The average Bonchev–Trinajstić information content (AvgIpc) is 2.23. The second kappa shape index (κ2) is 9.19. The third kappa shape index (κ3) is 7.26. The molecule has 0 heterocycles.